The van der Waals surface area contributed by atoms with E-state index in [0.29, 0.717) is 11.3 Å². The number of carbonyl (C=O) groups is 1. The summed E-state index contributed by atoms with van der Waals surface area (Å²) in [6, 6.07) is 33.6. The summed E-state index contributed by atoms with van der Waals surface area (Å²) < 4.78 is 11.6. The molecule has 2 heterocycles. The first-order valence-electron chi connectivity index (χ1n) is 10.7. The molecule has 1 fully saturated rings. The highest BCUT2D eigenvalue weighted by Crippen LogP contribution is 2.38. The van der Waals surface area contributed by atoms with Gasteiger partial charge in [0.25, 0.3) is 0 Å². The number of esters is 1. The molecule has 3 aromatic carbocycles. The zero-order valence-electron chi connectivity index (χ0n) is 17.6. The van der Waals surface area contributed by atoms with Gasteiger partial charge in [-0.3, -0.25) is 0 Å². The first-order chi connectivity index (χ1) is 15.8. The second-order valence-electron chi connectivity index (χ2n) is 7.68. The summed E-state index contributed by atoms with van der Waals surface area (Å²) in [6.07, 6.45) is -0.0848. The lowest BCUT2D eigenvalue weighted by atomic mass is 10.2. The molecular weight excluding hydrogens is 400 g/mol. The van der Waals surface area contributed by atoms with Gasteiger partial charge in [0.2, 0.25) is 0 Å². The summed E-state index contributed by atoms with van der Waals surface area (Å²) in [5.41, 5.74) is 2.81. The smallest absolute Gasteiger partial charge is 0.338 e. The summed E-state index contributed by atoms with van der Waals surface area (Å²) >= 11 is 0. The minimum Gasteiger partial charge on any atom is -0.458 e. The van der Waals surface area contributed by atoms with Gasteiger partial charge in [0.05, 0.1) is 5.56 Å². The Morgan fingerprint density at radius 1 is 0.750 bits per heavy atom. The average molecular weight is 425 g/mol. The Morgan fingerprint density at radius 2 is 1.28 bits per heavy atom. The SMILES string of the molecule is O=C(OCc1ccc(C2N(c3ccccc3)CCN2c2ccccc2)o1)c1ccccc1. The third kappa shape index (κ3) is 4.10. The normalized spacial score (nSPS) is 14.0. The second-order valence-corrected chi connectivity index (χ2v) is 7.68. The molecule has 0 bridgehead atoms. The molecule has 1 aliphatic rings. The number of carbonyl (C=O) groups excluding carboxylic acids is 1. The van der Waals surface area contributed by atoms with Crippen LogP contribution in [0.25, 0.3) is 0 Å². The van der Waals surface area contributed by atoms with E-state index in [9.17, 15) is 4.79 Å². The number of ether oxygens (including phenoxy) is 1. The third-order valence-electron chi connectivity index (χ3n) is 5.64. The predicted octanol–water partition coefficient (Wildman–Crippen LogP) is 5.66. The molecule has 32 heavy (non-hydrogen) atoms. The van der Waals surface area contributed by atoms with Gasteiger partial charge in [-0.2, -0.15) is 0 Å². The van der Waals surface area contributed by atoms with E-state index in [1.807, 2.05) is 66.7 Å². The minimum atomic E-state index is -0.360. The maximum absolute atomic E-state index is 12.3. The van der Waals surface area contributed by atoms with Crippen LogP contribution < -0.4 is 9.80 Å². The van der Waals surface area contributed by atoms with Gasteiger partial charge in [-0.1, -0.05) is 54.6 Å². The molecule has 1 saturated heterocycles. The molecule has 0 spiro atoms. The average Bonchev–Trinajstić information content (AvgIpc) is 3.51. The number of nitrogens with zero attached hydrogens (tertiary/aromatic N) is 2. The molecule has 5 heteroatoms. The molecule has 0 atom stereocenters. The fourth-order valence-electron chi connectivity index (χ4n) is 4.12. The largest absolute Gasteiger partial charge is 0.458 e. The van der Waals surface area contributed by atoms with Crippen molar-refractivity contribution in [3.8, 4) is 0 Å². The lowest BCUT2D eigenvalue weighted by Crippen LogP contribution is -2.30. The number of rotatable bonds is 6. The van der Waals surface area contributed by atoms with Crippen LogP contribution in [-0.4, -0.2) is 19.1 Å². The van der Waals surface area contributed by atoms with E-state index in [0.717, 1.165) is 30.2 Å². The van der Waals surface area contributed by atoms with Gasteiger partial charge in [-0.05, 0) is 48.5 Å². The highest BCUT2D eigenvalue weighted by Gasteiger charge is 2.35. The maximum Gasteiger partial charge on any atom is 0.338 e. The Labute approximate surface area is 187 Å². The van der Waals surface area contributed by atoms with E-state index in [4.69, 9.17) is 9.15 Å². The standard InChI is InChI=1S/C27H24N2O3/c30-27(21-10-4-1-5-11-21)31-20-24-16-17-25(32-24)26-28(22-12-6-2-7-13-22)18-19-29(26)23-14-8-3-9-15-23/h1-17,26H,18-20H2. The number of furan rings is 1. The quantitative estimate of drug-likeness (QED) is 0.374. The van der Waals surface area contributed by atoms with Gasteiger partial charge in [0.1, 0.15) is 18.1 Å². The highest BCUT2D eigenvalue weighted by molar-refractivity contribution is 5.89. The first-order valence-corrected chi connectivity index (χ1v) is 10.7. The third-order valence-corrected chi connectivity index (χ3v) is 5.64. The number of anilines is 2. The van der Waals surface area contributed by atoms with E-state index in [2.05, 4.69) is 34.1 Å². The van der Waals surface area contributed by atoms with Crippen LogP contribution in [0.3, 0.4) is 0 Å². The summed E-state index contributed by atoms with van der Waals surface area (Å²) in [4.78, 5) is 17.0. The maximum atomic E-state index is 12.3. The van der Waals surface area contributed by atoms with Crippen LogP contribution in [0.15, 0.2) is 108 Å². The molecular formula is C27H24N2O3. The topological polar surface area (TPSA) is 45.9 Å². The van der Waals surface area contributed by atoms with Crippen LogP contribution in [0.2, 0.25) is 0 Å². The lowest BCUT2D eigenvalue weighted by Gasteiger charge is -2.31. The first kappa shape index (κ1) is 19.9. The molecule has 5 nitrogen and oxygen atoms in total. The van der Waals surface area contributed by atoms with E-state index in [1.54, 1.807) is 12.1 Å². The Balaban J connectivity index is 1.38. The van der Waals surface area contributed by atoms with Crippen molar-refractivity contribution in [2.75, 3.05) is 22.9 Å². The summed E-state index contributed by atoms with van der Waals surface area (Å²) in [7, 11) is 0. The predicted molar refractivity (Wildman–Crippen MR) is 125 cm³/mol. The van der Waals surface area contributed by atoms with E-state index in [1.165, 1.54) is 0 Å². The Bertz CT molecular complexity index is 1110. The Kier molecular flexibility index (Phi) is 5.62. The van der Waals surface area contributed by atoms with Crippen LogP contribution in [0, 0.1) is 0 Å². The second kappa shape index (κ2) is 9.02. The number of para-hydroxylation sites is 2. The molecule has 1 aliphatic heterocycles. The van der Waals surface area contributed by atoms with Gasteiger partial charge in [-0.25, -0.2) is 4.79 Å². The van der Waals surface area contributed by atoms with Crippen molar-refractivity contribution in [1.82, 2.24) is 0 Å². The fraction of sp³-hybridized carbons (Fsp3) is 0.148. The molecule has 0 N–H and O–H groups in total. The number of hydrogen-bond donors (Lipinski definition) is 0. The zero-order valence-corrected chi connectivity index (χ0v) is 17.6. The van der Waals surface area contributed by atoms with Gasteiger partial charge in [0, 0.05) is 24.5 Å². The highest BCUT2D eigenvalue weighted by atomic mass is 16.5. The summed E-state index contributed by atoms with van der Waals surface area (Å²) in [5, 5.41) is 0. The van der Waals surface area contributed by atoms with Crippen LogP contribution in [0.1, 0.15) is 28.0 Å². The van der Waals surface area contributed by atoms with E-state index in [-0.39, 0.29) is 18.7 Å². The van der Waals surface area contributed by atoms with Crippen molar-refractivity contribution in [2.45, 2.75) is 12.8 Å². The van der Waals surface area contributed by atoms with Crippen LogP contribution in [0.4, 0.5) is 11.4 Å². The lowest BCUT2D eigenvalue weighted by molar-refractivity contribution is 0.0443. The fourth-order valence-corrected chi connectivity index (χ4v) is 4.12. The molecule has 5 rings (SSSR count). The zero-order chi connectivity index (χ0) is 21.8. The number of benzene rings is 3. The van der Waals surface area contributed by atoms with E-state index >= 15 is 0 Å². The van der Waals surface area contributed by atoms with Gasteiger partial charge >= 0.3 is 5.97 Å². The molecule has 160 valence electrons. The van der Waals surface area contributed by atoms with Crippen LogP contribution in [0.5, 0.6) is 0 Å². The van der Waals surface area contributed by atoms with Crippen molar-refractivity contribution in [3.05, 3.63) is 120 Å². The van der Waals surface area contributed by atoms with Crippen molar-refractivity contribution < 1.29 is 13.9 Å². The Morgan fingerprint density at radius 3 is 1.84 bits per heavy atom. The minimum absolute atomic E-state index is 0.0848. The summed E-state index contributed by atoms with van der Waals surface area (Å²) in [6.45, 7) is 1.85. The number of hydrogen-bond acceptors (Lipinski definition) is 5. The van der Waals surface area contributed by atoms with Crippen molar-refractivity contribution in [1.29, 1.82) is 0 Å². The van der Waals surface area contributed by atoms with Crippen LogP contribution in [-0.2, 0) is 11.3 Å². The summed E-state index contributed by atoms with van der Waals surface area (Å²) in [5.74, 6) is 1.08. The van der Waals surface area contributed by atoms with Crippen LogP contribution >= 0.6 is 0 Å². The van der Waals surface area contributed by atoms with Gasteiger partial charge < -0.3 is 19.0 Å². The van der Waals surface area contributed by atoms with E-state index < -0.39 is 0 Å². The molecule has 1 aromatic heterocycles. The molecule has 0 unspecified atom stereocenters. The molecule has 0 amide bonds. The monoisotopic (exact) mass is 424 g/mol. The van der Waals surface area contributed by atoms with Crippen molar-refractivity contribution in [3.63, 3.8) is 0 Å². The molecule has 4 aromatic rings. The van der Waals surface area contributed by atoms with Gasteiger partial charge in [-0.15, -0.1) is 0 Å². The molecule has 0 aliphatic carbocycles. The molecule has 0 saturated carbocycles. The Hall–Kier alpha value is -3.99. The van der Waals surface area contributed by atoms with Crippen molar-refractivity contribution in [2.24, 2.45) is 0 Å². The van der Waals surface area contributed by atoms with Crippen molar-refractivity contribution >= 4 is 17.3 Å². The van der Waals surface area contributed by atoms with Gasteiger partial charge in [0.15, 0.2) is 6.17 Å². The molecule has 0 radical (unpaired) electrons.